The summed E-state index contributed by atoms with van der Waals surface area (Å²) in [5, 5.41) is 20.1. The van der Waals surface area contributed by atoms with E-state index >= 15 is 0 Å². The molecule has 7 nitrogen and oxygen atoms in total. The fourth-order valence-electron chi connectivity index (χ4n) is 19.7. The van der Waals surface area contributed by atoms with E-state index in [1.54, 1.807) is 0 Å². The summed E-state index contributed by atoms with van der Waals surface area (Å²) < 4.78 is 27.3. The maximum Gasteiger partial charge on any atom is 0.158 e. The molecule has 1 unspecified atom stereocenters. The van der Waals surface area contributed by atoms with Crippen molar-refractivity contribution < 1.29 is 17.7 Å². The second-order valence-corrected chi connectivity index (χ2v) is 31.0. The smallest absolute Gasteiger partial charge is 0.158 e. The zero-order valence-corrected chi connectivity index (χ0v) is 61.6. The molecule has 4 heterocycles. The highest BCUT2D eigenvalue weighted by atomic mass is 16.3. The molecule has 0 saturated carbocycles. The molecule has 0 radical (unpaired) electrons. The highest BCUT2D eigenvalue weighted by molar-refractivity contribution is 6.20. The molecule has 1 atom stereocenters. The second kappa shape index (κ2) is 23.9. The number of hydrogen-bond acceptors (Lipinski definition) is 7. The Morgan fingerprint density at radius 2 is 0.593 bits per heavy atom. The Bertz CT molecular complexity index is 7620. The first-order chi connectivity index (χ1) is 55.8. The van der Waals surface area contributed by atoms with Gasteiger partial charge in [-0.25, -0.2) is 0 Å². The van der Waals surface area contributed by atoms with Crippen molar-refractivity contribution in [3.8, 4) is 89.0 Å². The van der Waals surface area contributed by atoms with Crippen molar-refractivity contribution in [1.29, 1.82) is 0 Å². The number of anilines is 6. The van der Waals surface area contributed by atoms with E-state index in [0.717, 1.165) is 172 Å². The molecule has 17 aromatic carbocycles. The van der Waals surface area contributed by atoms with Gasteiger partial charge in [0.2, 0.25) is 0 Å². The minimum absolute atomic E-state index is 0.0729. The van der Waals surface area contributed by atoms with Crippen molar-refractivity contribution >= 4 is 122 Å². The quantitative estimate of drug-likeness (QED) is 0.119. The Balaban J connectivity index is 0.523. The SMILES string of the molecule is CC1(C)c2ccccc2-c2c(Nc3ccc(-c4ccc(-c5ccc6oc7c(-c8ccc(Nc9ccc(-c%10ccc(-c%11cccc%12c%11-c%11ccccc%11C%12%11c%12ccccc%12-c%12c(Nc%13cccc%14c%13oc%13ccccc%13%14)cccc%12%11)c%11c%10oc%10ccccc%10%11)cc9)cc8)cccc7c6c5)c5c4oc4ccccc45)cc3)cccc21. The molecule has 0 aliphatic heterocycles. The fraction of sp³-hybridized carbons (Fsp3) is 0.0377. The Labute approximate surface area is 650 Å². The van der Waals surface area contributed by atoms with E-state index in [4.69, 9.17) is 17.7 Å². The maximum absolute atomic E-state index is 7.05. The lowest BCUT2D eigenvalue weighted by Crippen LogP contribution is -2.25. The predicted molar refractivity (Wildman–Crippen MR) is 466 cm³/mol. The third-order valence-corrected chi connectivity index (χ3v) is 24.7. The normalized spacial score (nSPS) is 14.2. The van der Waals surface area contributed by atoms with Crippen LogP contribution < -0.4 is 16.0 Å². The summed E-state index contributed by atoms with van der Waals surface area (Å²) in [6.45, 7) is 4.65. The van der Waals surface area contributed by atoms with Gasteiger partial charge >= 0.3 is 0 Å². The van der Waals surface area contributed by atoms with Crippen LogP contribution in [0.25, 0.3) is 177 Å². The van der Waals surface area contributed by atoms with Crippen LogP contribution in [0.3, 0.4) is 0 Å². The summed E-state index contributed by atoms with van der Waals surface area (Å²) in [6.07, 6.45) is 0. The van der Waals surface area contributed by atoms with Gasteiger partial charge in [0.05, 0.1) is 11.1 Å². The monoisotopic (exact) mass is 1450 g/mol. The zero-order chi connectivity index (χ0) is 74.4. The molecule has 3 aliphatic rings. The van der Waals surface area contributed by atoms with Gasteiger partial charge in [0.1, 0.15) is 39.1 Å². The van der Waals surface area contributed by atoms with E-state index in [1.807, 2.05) is 18.2 Å². The van der Waals surface area contributed by atoms with E-state index in [9.17, 15) is 0 Å². The molecule has 0 saturated heterocycles. The van der Waals surface area contributed by atoms with Crippen LogP contribution in [0.2, 0.25) is 0 Å². The van der Waals surface area contributed by atoms with E-state index in [1.165, 1.54) is 72.3 Å². The number of fused-ring (bicyclic) bond motifs is 25. The topological polar surface area (TPSA) is 88.7 Å². The van der Waals surface area contributed by atoms with Crippen molar-refractivity contribution in [2.24, 2.45) is 0 Å². The average Bonchev–Trinajstić information content (AvgIpc) is 1.50. The Morgan fingerprint density at radius 1 is 0.212 bits per heavy atom. The molecule has 113 heavy (non-hydrogen) atoms. The van der Waals surface area contributed by atoms with E-state index in [0.29, 0.717) is 0 Å². The van der Waals surface area contributed by atoms with Gasteiger partial charge in [0.25, 0.3) is 0 Å². The average molecular weight is 1450 g/mol. The molecule has 24 rings (SSSR count). The van der Waals surface area contributed by atoms with E-state index < -0.39 is 5.41 Å². The predicted octanol–water partition coefficient (Wildman–Crippen LogP) is 29.5. The first-order valence-electron chi connectivity index (χ1n) is 38.8. The molecule has 4 aromatic heterocycles. The summed E-state index contributed by atoms with van der Waals surface area (Å²) in [5.41, 5.74) is 38.2. The van der Waals surface area contributed by atoms with Crippen LogP contribution in [0.1, 0.15) is 47.2 Å². The fourth-order valence-corrected chi connectivity index (χ4v) is 19.7. The standard InChI is InChI=1S/C106H67N3O4/c1-105(2)83-30-9-3-21-77(83)99-86(105)33-18-36-89(99)108-67-53-46-63(47-54-67)70-56-55-68(97-80-24-7-13-40-93(80)112-103(70)97)64-48-59-95-82(60-64)76-28-15-26-69(101(76)110-95)61-42-49-65(50-43-61)107-66-51-44-62(45-52-66)71-57-58-74(98-81-25-8-14-41-94(81)113-104(71)98)73-27-16-34-87-96(73)78-22-4-10-31-84(78)106(87)85-32-11-5-23-79(85)100-88(106)35-19-37-90(100)109-91-38-17-29-75-72-20-6-12-39-92(72)111-102(75)91/h3-60,107-109H,1-2H3. The molecule has 3 N–H and O–H groups in total. The van der Waals surface area contributed by atoms with Gasteiger partial charge in [-0.05, 0) is 192 Å². The van der Waals surface area contributed by atoms with Crippen molar-refractivity contribution in [2.45, 2.75) is 24.7 Å². The van der Waals surface area contributed by atoms with Gasteiger partial charge in [-0.3, -0.25) is 0 Å². The first kappa shape index (κ1) is 63.3. The molecule has 7 heteroatoms. The van der Waals surface area contributed by atoms with Crippen LogP contribution in [-0.4, -0.2) is 0 Å². The minimum atomic E-state index is -0.598. The Morgan fingerprint density at radius 3 is 1.24 bits per heavy atom. The third kappa shape index (κ3) is 9.19. The van der Waals surface area contributed by atoms with Crippen molar-refractivity contribution in [2.75, 3.05) is 16.0 Å². The molecular formula is C106H67N3O4. The van der Waals surface area contributed by atoms with E-state index in [-0.39, 0.29) is 5.41 Å². The van der Waals surface area contributed by atoms with Crippen LogP contribution in [-0.2, 0) is 10.8 Å². The maximum atomic E-state index is 7.05. The molecule has 1 spiro atoms. The summed E-state index contributed by atoms with van der Waals surface area (Å²) >= 11 is 0. The number of furan rings is 4. The molecule has 0 fully saturated rings. The Kier molecular flexibility index (Phi) is 13.4. The van der Waals surface area contributed by atoms with Gasteiger partial charge < -0.3 is 33.6 Å². The highest BCUT2D eigenvalue weighted by Crippen LogP contribution is 2.66. The zero-order valence-electron chi connectivity index (χ0n) is 61.6. The lowest BCUT2D eigenvalue weighted by atomic mass is 9.70. The lowest BCUT2D eigenvalue weighted by molar-refractivity contribution is 0.660. The van der Waals surface area contributed by atoms with Crippen LogP contribution in [0, 0.1) is 0 Å². The van der Waals surface area contributed by atoms with Crippen LogP contribution in [0.5, 0.6) is 0 Å². The molecule has 3 aliphatic carbocycles. The van der Waals surface area contributed by atoms with Gasteiger partial charge in [-0.2, -0.15) is 0 Å². The summed E-state index contributed by atoms with van der Waals surface area (Å²) in [7, 11) is 0. The summed E-state index contributed by atoms with van der Waals surface area (Å²) in [4.78, 5) is 0. The molecule has 21 aromatic rings. The van der Waals surface area contributed by atoms with Gasteiger partial charge in [-0.1, -0.05) is 269 Å². The number of para-hydroxylation sites is 5. The number of hydrogen-bond donors (Lipinski definition) is 3. The van der Waals surface area contributed by atoms with Crippen LogP contribution in [0.15, 0.2) is 370 Å². The van der Waals surface area contributed by atoms with E-state index in [2.05, 4.69) is 363 Å². The van der Waals surface area contributed by atoms with Crippen molar-refractivity contribution in [3.05, 3.63) is 385 Å². The number of benzene rings is 17. The number of rotatable bonds is 11. The summed E-state index contributed by atoms with van der Waals surface area (Å²) in [5.74, 6) is 0. The minimum Gasteiger partial charge on any atom is -0.455 e. The van der Waals surface area contributed by atoms with Crippen molar-refractivity contribution in [3.63, 3.8) is 0 Å². The second-order valence-electron chi connectivity index (χ2n) is 31.0. The van der Waals surface area contributed by atoms with Gasteiger partial charge in [0, 0.05) is 105 Å². The molecule has 0 bridgehead atoms. The molecule has 0 amide bonds. The van der Waals surface area contributed by atoms with Gasteiger partial charge in [-0.15, -0.1) is 0 Å². The molecule has 530 valence electrons. The van der Waals surface area contributed by atoms with Crippen LogP contribution in [0.4, 0.5) is 34.1 Å². The Hall–Kier alpha value is -14.7. The largest absolute Gasteiger partial charge is 0.455 e. The number of nitrogens with one attached hydrogen (secondary N) is 3. The summed E-state index contributed by atoms with van der Waals surface area (Å²) in [6, 6.07) is 127. The first-order valence-corrected chi connectivity index (χ1v) is 38.8. The van der Waals surface area contributed by atoms with Crippen LogP contribution >= 0.6 is 0 Å². The van der Waals surface area contributed by atoms with Crippen molar-refractivity contribution in [1.82, 2.24) is 0 Å². The lowest BCUT2D eigenvalue weighted by Gasteiger charge is -2.30. The highest BCUT2D eigenvalue weighted by Gasteiger charge is 2.53. The molecular weight excluding hydrogens is 1380 g/mol. The third-order valence-electron chi connectivity index (χ3n) is 24.7. The van der Waals surface area contributed by atoms with Gasteiger partial charge in [0.15, 0.2) is 5.58 Å².